The van der Waals surface area contributed by atoms with Crippen molar-refractivity contribution in [2.45, 2.75) is 63.2 Å². The quantitative estimate of drug-likeness (QED) is 0.637. The van der Waals surface area contributed by atoms with Gasteiger partial charge in [0.05, 0.1) is 7.11 Å². The lowest BCUT2D eigenvalue weighted by Crippen LogP contribution is -2.48. The molecular weight excluding hydrogens is 372 g/mol. The molecule has 158 valence electrons. The molecule has 6 rings (SSSR count). The van der Waals surface area contributed by atoms with Crippen LogP contribution in [0.15, 0.2) is 42.5 Å². The number of rotatable bonds is 7. The topological polar surface area (TPSA) is 46.5 Å². The van der Waals surface area contributed by atoms with Crippen LogP contribution in [0.5, 0.6) is 5.75 Å². The molecule has 1 N–H and O–H groups in total. The Morgan fingerprint density at radius 2 is 1.50 bits per heavy atom. The summed E-state index contributed by atoms with van der Waals surface area (Å²) in [6.07, 6.45) is 10.1. The van der Waals surface area contributed by atoms with E-state index in [0.717, 1.165) is 35.5 Å². The van der Waals surface area contributed by atoms with Crippen LogP contribution in [-0.2, 0) is 23.1 Å². The molecule has 3 nitrogen and oxygen atoms in total. The van der Waals surface area contributed by atoms with Gasteiger partial charge in [0.2, 0.25) is 0 Å². The van der Waals surface area contributed by atoms with Crippen LogP contribution in [-0.4, -0.2) is 18.2 Å². The third-order valence-corrected chi connectivity index (χ3v) is 7.93. The first-order valence-electron chi connectivity index (χ1n) is 11.5. The molecule has 0 saturated heterocycles. The smallest absolute Gasteiger partial charge is 0.303 e. The van der Waals surface area contributed by atoms with Crippen molar-refractivity contribution in [1.82, 2.24) is 0 Å². The summed E-state index contributed by atoms with van der Waals surface area (Å²) >= 11 is 0. The summed E-state index contributed by atoms with van der Waals surface area (Å²) in [7, 11) is 1.81. The van der Waals surface area contributed by atoms with Crippen molar-refractivity contribution in [2.24, 2.45) is 17.8 Å². The molecule has 2 aromatic rings. The molecule has 4 saturated carbocycles. The van der Waals surface area contributed by atoms with Gasteiger partial charge in [0.25, 0.3) is 0 Å². The number of hydrogen-bond donors (Lipinski definition) is 1. The minimum absolute atomic E-state index is 0.187. The maximum absolute atomic E-state index is 10.8. The van der Waals surface area contributed by atoms with Gasteiger partial charge in [0.15, 0.2) is 0 Å². The van der Waals surface area contributed by atoms with E-state index < -0.39 is 5.97 Å². The second-order valence-corrected chi connectivity index (χ2v) is 10.1. The van der Waals surface area contributed by atoms with Crippen LogP contribution in [0.3, 0.4) is 0 Å². The van der Waals surface area contributed by atoms with Gasteiger partial charge in [-0.2, -0.15) is 0 Å². The zero-order valence-electron chi connectivity index (χ0n) is 17.9. The van der Waals surface area contributed by atoms with E-state index in [1.165, 1.54) is 55.2 Å². The van der Waals surface area contributed by atoms with E-state index in [2.05, 4.69) is 42.5 Å². The van der Waals surface area contributed by atoms with Crippen LogP contribution < -0.4 is 4.74 Å². The Morgan fingerprint density at radius 3 is 2.07 bits per heavy atom. The molecule has 4 fully saturated rings. The summed E-state index contributed by atoms with van der Waals surface area (Å²) in [5.41, 5.74) is 5.50. The summed E-state index contributed by atoms with van der Waals surface area (Å²) in [4.78, 5) is 10.8. The Hall–Kier alpha value is -2.29. The molecule has 2 aromatic carbocycles. The number of carbonyl (C=O) groups is 1. The molecule has 30 heavy (non-hydrogen) atoms. The highest BCUT2D eigenvalue weighted by Crippen LogP contribution is 2.61. The number of carboxylic acids is 1. The van der Waals surface area contributed by atoms with Crippen molar-refractivity contribution in [3.8, 4) is 5.75 Å². The van der Waals surface area contributed by atoms with Crippen LogP contribution in [0.1, 0.15) is 67.2 Å². The lowest BCUT2D eigenvalue weighted by Gasteiger charge is -2.57. The summed E-state index contributed by atoms with van der Waals surface area (Å²) < 4.78 is 5.85. The van der Waals surface area contributed by atoms with Crippen LogP contribution in [0, 0.1) is 17.8 Å². The highest BCUT2D eigenvalue weighted by Gasteiger charge is 2.52. The number of hydrogen-bond acceptors (Lipinski definition) is 2. The molecule has 0 atom stereocenters. The molecular formula is C27H32O3. The van der Waals surface area contributed by atoms with E-state index in [1.54, 1.807) is 0 Å². The summed E-state index contributed by atoms with van der Waals surface area (Å²) in [6.45, 7) is 0. The Kier molecular flexibility index (Phi) is 5.08. The first-order chi connectivity index (χ1) is 14.5. The molecule has 0 aliphatic heterocycles. The van der Waals surface area contributed by atoms with Crippen LogP contribution in [0.2, 0.25) is 0 Å². The third-order valence-electron chi connectivity index (χ3n) is 7.93. The number of methoxy groups -OCH3 is 1. The Labute approximate surface area is 179 Å². The largest absolute Gasteiger partial charge is 0.496 e. The van der Waals surface area contributed by atoms with Crippen LogP contribution in [0.25, 0.3) is 0 Å². The van der Waals surface area contributed by atoms with E-state index in [1.807, 2.05) is 7.11 Å². The fourth-order valence-corrected chi connectivity index (χ4v) is 7.03. The monoisotopic (exact) mass is 404 g/mol. The zero-order chi connectivity index (χ0) is 20.7. The van der Waals surface area contributed by atoms with Crippen LogP contribution >= 0.6 is 0 Å². The van der Waals surface area contributed by atoms with Crippen molar-refractivity contribution >= 4 is 5.97 Å². The first-order valence-corrected chi connectivity index (χ1v) is 11.5. The third kappa shape index (κ3) is 3.75. The van der Waals surface area contributed by atoms with E-state index in [0.29, 0.717) is 11.8 Å². The van der Waals surface area contributed by atoms with Gasteiger partial charge in [-0.25, -0.2) is 0 Å². The maximum atomic E-state index is 10.8. The van der Waals surface area contributed by atoms with Crippen molar-refractivity contribution in [1.29, 1.82) is 0 Å². The fourth-order valence-electron chi connectivity index (χ4n) is 7.03. The Balaban J connectivity index is 1.38. The maximum Gasteiger partial charge on any atom is 0.303 e. The van der Waals surface area contributed by atoms with Gasteiger partial charge in [-0.1, -0.05) is 36.4 Å². The van der Waals surface area contributed by atoms with Crippen molar-refractivity contribution in [3.05, 3.63) is 64.7 Å². The van der Waals surface area contributed by atoms with Gasteiger partial charge < -0.3 is 9.84 Å². The first kappa shape index (κ1) is 19.7. The zero-order valence-corrected chi connectivity index (χ0v) is 17.9. The molecule has 0 heterocycles. The van der Waals surface area contributed by atoms with E-state index in [4.69, 9.17) is 9.84 Å². The molecule has 4 aliphatic rings. The predicted octanol–water partition coefficient (Wildman–Crippen LogP) is 5.77. The van der Waals surface area contributed by atoms with Crippen molar-refractivity contribution < 1.29 is 14.6 Å². The SMILES string of the molecule is COc1ccc(Cc2ccc(CCC(=O)O)cc2)cc1C12CC3CC(CC(C3)C1)C2. The van der Waals surface area contributed by atoms with Gasteiger partial charge in [0, 0.05) is 12.0 Å². The lowest BCUT2D eigenvalue weighted by atomic mass is 9.48. The lowest BCUT2D eigenvalue weighted by molar-refractivity contribution is -0.136. The van der Waals surface area contributed by atoms with Crippen LogP contribution in [0.4, 0.5) is 0 Å². The summed E-state index contributed by atoms with van der Waals surface area (Å²) in [6, 6.07) is 15.3. The minimum atomic E-state index is -0.741. The highest BCUT2D eigenvalue weighted by atomic mass is 16.5. The normalized spacial score (nSPS) is 29.2. The molecule has 0 amide bonds. The van der Waals surface area contributed by atoms with Gasteiger partial charge in [-0.15, -0.1) is 0 Å². The predicted molar refractivity (Wildman–Crippen MR) is 118 cm³/mol. The Bertz CT molecular complexity index is 892. The average molecular weight is 405 g/mol. The van der Waals surface area contributed by atoms with Gasteiger partial charge in [0.1, 0.15) is 5.75 Å². The van der Waals surface area contributed by atoms with E-state index in [9.17, 15) is 4.79 Å². The Morgan fingerprint density at radius 1 is 0.933 bits per heavy atom. The molecule has 0 unspecified atom stereocenters. The van der Waals surface area contributed by atoms with Gasteiger partial charge in [-0.05, 0) is 97.3 Å². The summed E-state index contributed by atoms with van der Waals surface area (Å²) in [5, 5.41) is 8.87. The fraction of sp³-hybridized carbons (Fsp3) is 0.519. The van der Waals surface area contributed by atoms with Crippen molar-refractivity contribution in [2.75, 3.05) is 7.11 Å². The van der Waals surface area contributed by atoms with Crippen molar-refractivity contribution in [3.63, 3.8) is 0 Å². The number of aryl methyl sites for hydroxylation is 1. The second-order valence-electron chi connectivity index (χ2n) is 10.1. The molecule has 0 spiro atoms. The molecule has 3 heteroatoms. The average Bonchev–Trinajstić information content (AvgIpc) is 2.72. The number of benzene rings is 2. The molecule has 4 aliphatic carbocycles. The number of aliphatic carboxylic acids is 1. The van der Waals surface area contributed by atoms with Gasteiger partial charge >= 0.3 is 5.97 Å². The molecule has 4 bridgehead atoms. The van der Waals surface area contributed by atoms with Gasteiger partial charge in [-0.3, -0.25) is 4.79 Å². The standard InChI is InChI=1S/C27H32O3/c1-30-25-8-6-20(10-19-4-2-18(3-5-19)7-9-26(28)29)14-24(25)27-15-21-11-22(16-27)13-23(12-21)17-27/h2-6,8,14,21-23H,7,9-13,15-17H2,1H3,(H,28,29). The molecule has 0 aromatic heterocycles. The highest BCUT2D eigenvalue weighted by molar-refractivity contribution is 5.67. The second kappa shape index (κ2) is 7.76. The van der Waals surface area contributed by atoms with E-state index in [-0.39, 0.29) is 6.42 Å². The molecule has 0 radical (unpaired) electrons. The number of ether oxygens (including phenoxy) is 1. The minimum Gasteiger partial charge on any atom is -0.496 e. The van der Waals surface area contributed by atoms with E-state index >= 15 is 0 Å². The summed E-state index contributed by atoms with van der Waals surface area (Å²) in [5.74, 6) is 3.09. The number of carboxylic acid groups (broad SMARTS) is 1.